The molecule has 8 heteroatoms. The lowest BCUT2D eigenvalue weighted by Crippen LogP contribution is -2.28. The fourth-order valence-corrected chi connectivity index (χ4v) is 2.29. The number of aryl methyl sites for hydroxylation is 1. The number of carbonyl (C=O) groups excluding carboxylic acids is 1. The fourth-order valence-electron chi connectivity index (χ4n) is 1.56. The summed E-state index contributed by atoms with van der Waals surface area (Å²) in [4.78, 5) is 27.6. The summed E-state index contributed by atoms with van der Waals surface area (Å²) in [6.45, 7) is 2.11. The standard InChI is InChI=1S/C13H12FN3O3S/c1-7-5-15-11(21-7)6-16-13(20)17-10-4-8(12(18)19)2-3-9(10)14/h2-5H,6H2,1H3,(H,18,19)(H2,16,17,20). The van der Waals surface area contributed by atoms with Crippen LogP contribution in [0.4, 0.5) is 14.9 Å². The van der Waals surface area contributed by atoms with Gasteiger partial charge in [0.15, 0.2) is 0 Å². The van der Waals surface area contributed by atoms with Crippen molar-refractivity contribution in [2.45, 2.75) is 13.5 Å². The second-order valence-corrected chi connectivity index (χ2v) is 5.49. The van der Waals surface area contributed by atoms with E-state index in [1.807, 2.05) is 6.92 Å². The molecule has 0 spiro atoms. The van der Waals surface area contributed by atoms with Gasteiger partial charge in [-0.3, -0.25) is 0 Å². The van der Waals surface area contributed by atoms with E-state index < -0.39 is 17.8 Å². The van der Waals surface area contributed by atoms with E-state index in [0.29, 0.717) is 0 Å². The van der Waals surface area contributed by atoms with Crippen LogP contribution < -0.4 is 10.6 Å². The molecule has 6 nitrogen and oxygen atoms in total. The first kappa shape index (κ1) is 14.9. The van der Waals surface area contributed by atoms with Gasteiger partial charge in [-0.15, -0.1) is 11.3 Å². The molecule has 2 amide bonds. The third-order valence-corrected chi connectivity index (χ3v) is 3.44. The van der Waals surface area contributed by atoms with Crippen LogP contribution in [0.15, 0.2) is 24.4 Å². The molecule has 0 aliphatic heterocycles. The van der Waals surface area contributed by atoms with Crippen molar-refractivity contribution in [3.05, 3.63) is 45.7 Å². The van der Waals surface area contributed by atoms with Gasteiger partial charge in [0.1, 0.15) is 10.8 Å². The van der Waals surface area contributed by atoms with E-state index in [0.717, 1.165) is 28.1 Å². The zero-order valence-corrected chi connectivity index (χ0v) is 11.8. The maximum atomic E-state index is 13.5. The fraction of sp³-hybridized carbons (Fsp3) is 0.154. The number of hydrogen-bond donors (Lipinski definition) is 3. The highest BCUT2D eigenvalue weighted by Crippen LogP contribution is 2.16. The van der Waals surface area contributed by atoms with Crippen molar-refractivity contribution in [2.75, 3.05) is 5.32 Å². The average Bonchev–Trinajstić information content (AvgIpc) is 2.84. The van der Waals surface area contributed by atoms with Crippen molar-refractivity contribution in [3.63, 3.8) is 0 Å². The first-order valence-corrected chi connectivity index (χ1v) is 6.76. The normalized spacial score (nSPS) is 10.2. The summed E-state index contributed by atoms with van der Waals surface area (Å²) < 4.78 is 13.5. The minimum Gasteiger partial charge on any atom is -0.478 e. The van der Waals surface area contributed by atoms with Crippen molar-refractivity contribution >= 4 is 29.0 Å². The van der Waals surface area contributed by atoms with Gasteiger partial charge in [-0.05, 0) is 25.1 Å². The van der Waals surface area contributed by atoms with Crippen molar-refractivity contribution in [1.82, 2.24) is 10.3 Å². The monoisotopic (exact) mass is 309 g/mol. The van der Waals surface area contributed by atoms with Gasteiger partial charge in [-0.25, -0.2) is 19.0 Å². The summed E-state index contributed by atoms with van der Waals surface area (Å²) in [6.07, 6.45) is 1.69. The van der Waals surface area contributed by atoms with E-state index in [1.165, 1.54) is 11.3 Å². The Morgan fingerprint density at radius 3 is 2.81 bits per heavy atom. The summed E-state index contributed by atoms with van der Waals surface area (Å²) in [5.41, 5.74) is -0.301. The maximum absolute atomic E-state index is 13.5. The van der Waals surface area contributed by atoms with Crippen LogP contribution in [0.25, 0.3) is 0 Å². The number of benzene rings is 1. The number of thiazole rings is 1. The van der Waals surface area contributed by atoms with Crippen LogP contribution >= 0.6 is 11.3 Å². The van der Waals surface area contributed by atoms with Gasteiger partial charge in [0.25, 0.3) is 0 Å². The Hall–Kier alpha value is -2.48. The molecule has 110 valence electrons. The molecule has 0 aliphatic carbocycles. The zero-order chi connectivity index (χ0) is 15.4. The predicted molar refractivity (Wildman–Crippen MR) is 76.1 cm³/mol. The third-order valence-electron chi connectivity index (χ3n) is 2.53. The molecule has 21 heavy (non-hydrogen) atoms. The van der Waals surface area contributed by atoms with Crippen LogP contribution in [0.2, 0.25) is 0 Å². The largest absolute Gasteiger partial charge is 0.478 e. The maximum Gasteiger partial charge on any atom is 0.335 e. The van der Waals surface area contributed by atoms with Gasteiger partial charge in [-0.1, -0.05) is 0 Å². The first-order chi connectivity index (χ1) is 9.95. The van der Waals surface area contributed by atoms with Crippen molar-refractivity contribution in [2.24, 2.45) is 0 Å². The van der Waals surface area contributed by atoms with Crippen LogP contribution in [0, 0.1) is 12.7 Å². The summed E-state index contributed by atoms with van der Waals surface area (Å²) in [5.74, 6) is -1.91. The second kappa shape index (κ2) is 6.31. The van der Waals surface area contributed by atoms with Crippen LogP contribution in [0.5, 0.6) is 0 Å². The highest BCUT2D eigenvalue weighted by Gasteiger charge is 2.11. The summed E-state index contributed by atoms with van der Waals surface area (Å²) >= 11 is 1.44. The molecule has 1 aromatic heterocycles. The number of rotatable bonds is 4. The molecular weight excluding hydrogens is 297 g/mol. The molecule has 2 rings (SSSR count). The Labute approximate surface area is 123 Å². The minimum absolute atomic E-state index is 0.109. The number of carbonyl (C=O) groups is 2. The highest BCUT2D eigenvalue weighted by atomic mass is 32.1. The predicted octanol–water partition coefficient (Wildman–Crippen LogP) is 2.61. The van der Waals surface area contributed by atoms with Gasteiger partial charge >= 0.3 is 12.0 Å². The molecule has 2 aromatic rings. The topological polar surface area (TPSA) is 91.3 Å². The molecule has 0 saturated carbocycles. The molecule has 0 saturated heterocycles. The first-order valence-electron chi connectivity index (χ1n) is 5.94. The molecule has 0 bridgehead atoms. The third kappa shape index (κ3) is 3.99. The number of urea groups is 1. The van der Waals surface area contributed by atoms with Crippen LogP contribution in [0.3, 0.4) is 0 Å². The molecule has 0 aliphatic rings. The van der Waals surface area contributed by atoms with Gasteiger partial charge < -0.3 is 15.7 Å². The SMILES string of the molecule is Cc1cnc(CNC(=O)Nc2cc(C(=O)O)ccc2F)s1. The van der Waals surface area contributed by atoms with E-state index >= 15 is 0 Å². The molecule has 1 aromatic carbocycles. The number of carboxylic acid groups (broad SMARTS) is 1. The van der Waals surface area contributed by atoms with Crippen LogP contribution in [-0.4, -0.2) is 22.1 Å². The lowest BCUT2D eigenvalue weighted by molar-refractivity contribution is 0.0697. The second-order valence-electron chi connectivity index (χ2n) is 4.17. The highest BCUT2D eigenvalue weighted by molar-refractivity contribution is 7.11. The smallest absolute Gasteiger partial charge is 0.335 e. The summed E-state index contributed by atoms with van der Waals surface area (Å²) in [6, 6.07) is 2.54. The molecular formula is C13H12FN3O3S. The Morgan fingerprint density at radius 1 is 1.43 bits per heavy atom. The van der Waals surface area contributed by atoms with E-state index in [9.17, 15) is 14.0 Å². The Kier molecular flexibility index (Phi) is 4.49. The average molecular weight is 309 g/mol. The van der Waals surface area contributed by atoms with Crippen molar-refractivity contribution < 1.29 is 19.1 Å². The number of anilines is 1. The van der Waals surface area contributed by atoms with Crippen molar-refractivity contribution in [3.8, 4) is 0 Å². The molecule has 0 radical (unpaired) electrons. The van der Waals surface area contributed by atoms with Gasteiger partial charge in [-0.2, -0.15) is 0 Å². The number of amides is 2. The van der Waals surface area contributed by atoms with Gasteiger partial charge in [0.2, 0.25) is 0 Å². The summed E-state index contributed by atoms with van der Waals surface area (Å²) in [5, 5.41) is 14.3. The van der Waals surface area contributed by atoms with Crippen molar-refractivity contribution in [1.29, 1.82) is 0 Å². The number of hydrogen-bond acceptors (Lipinski definition) is 4. The van der Waals surface area contributed by atoms with E-state index in [2.05, 4.69) is 15.6 Å². The number of nitrogens with zero attached hydrogens (tertiary/aromatic N) is 1. The lowest BCUT2D eigenvalue weighted by Gasteiger charge is -2.08. The zero-order valence-electron chi connectivity index (χ0n) is 11.0. The van der Waals surface area contributed by atoms with Crippen LogP contribution in [0.1, 0.15) is 20.2 Å². The number of aromatic nitrogens is 1. The molecule has 1 heterocycles. The summed E-state index contributed by atoms with van der Waals surface area (Å²) in [7, 11) is 0. The quantitative estimate of drug-likeness (QED) is 0.809. The minimum atomic E-state index is -1.20. The van der Waals surface area contributed by atoms with Gasteiger partial charge in [0.05, 0.1) is 17.8 Å². The number of halogens is 1. The molecule has 0 fully saturated rings. The Balaban J connectivity index is 1.99. The number of aromatic carboxylic acids is 1. The van der Waals surface area contributed by atoms with Crippen LogP contribution in [-0.2, 0) is 6.54 Å². The Bertz CT molecular complexity index is 687. The molecule has 3 N–H and O–H groups in total. The van der Waals surface area contributed by atoms with E-state index in [1.54, 1.807) is 6.20 Å². The lowest BCUT2D eigenvalue weighted by atomic mass is 10.2. The number of nitrogens with one attached hydrogen (secondary N) is 2. The Morgan fingerprint density at radius 2 is 2.19 bits per heavy atom. The molecule has 0 atom stereocenters. The van der Waals surface area contributed by atoms with Gasteiger partial charge in [0, 0.05) is 11.1 Å². The van der Waals surface area contributed by atoms with E-state index in [4.69, 9.17) is 5.11 Å². The number of carboxylic acids is 1. The molecule has 0 unspecified atom stereocenters. The van der Waals surface area contributed by atoms with E-state index in [-0.39, 0.29) is 17.8 Å².